The number of hydrogen-bond donors (Lipinski definition) is 2. The van der Waals surface area contributed by atoms with Gasteiger partial charge in [0.25, 0.3) is 0 Å². The standard InChI is InChI=1S/C18H23NO2/c1-14(19-17-5-3-4-16(12-17)13-20)6-7-15-8-10-18(21-2)11-9-15/h3-5,8-12,14,19-20H,6-7,13H2,1-2H3. The van der Waals surface area contributed by atoms with Gasteiger partial charge >= 0.3 is 0 Å². The Balaban J connectivity index is 1.84. The first-order valence-electron chi connectivity index (χ1n) is 7.30. The van der Waals surface area contributed by atoms with Crippen LogP contribution in [0.1, 0.15) is 24.5 Å². The lowest BCUT2D eigenvalue weighted by Crippen LogP contribution is -2.16. The van der Waals surface area contributed by atoms with Crippen molar-refractivity contribution in [3.05, 3.63) is 59.7 Å². The molecule has 2 N–H and O–H groups in total. The van der Waals surface area contributed by atoms with Gasteiger partial charge in [-0.2, -0.15) is 0 Å². The van der Waals surface area contributed by atoms with Gasteiger partial charge in [-0.1, -0.05) is 24.3 Å². The molecule has 0 aliphatic heterocycles. The van der Waals surface area contributed by atoms with Crippen LogP contribution in [-0.4, -0.2) is 18.3 Å². The third kappa shape index (κ3) is 4.80. The van der Waals surface area contributed by atoms with E-state index in [-0.39, 0.29) is 6.61 Å². The molecule has 0 saturated heterocycles. The molecule has 0 aromatic heterocycles. The quantitative estimate of drug-likeness (QED) is 0.816. The summed E-state index contributed by atoms with van der Waals surface area (Å²) in [5.41, 5.74) is 3.31. The number of aliphatic hydroxyl groups excluding tert-OH is 1. The Morgan fingerprint density at radius 2 is 1.86 bits per heavy atom. The maximum atomic E-state index is 9.15. The van der Waals surface area contributed by atoms with E-state index >= 15 is 0 Å². The first-order chi connectivity index (χ1) is 10.2. The maximum Gasteiger partial charge on any atom is 0.118 e. The van der Waals surface area contributed by atoms with Crippen molar-refractivity contribution < 1.29 is 9.84 Å². The van der Waals surface area contributed by atoms with Crippen LogP contribution >= 0.6 is 0 Å². The fourth-order valence-electron chi connectivity index (χ4n) is 2.29. The molecule has 0 aliphatic rings. The zero-order chi connectivity index (χ0) is 15.1. The lowest BCUT2D eigenvalue weighted by molar-refractivity contribution is 0.282. The van der Waals surface area contributed by atoms with Crippen molar-refractivity contribution in [3.8, 4) is 5.75 Å². The molecule has 2 aromatic rings. The predicted molar refractivity (Wildman–Crippen MR) is 86.8 cm³/mol. The number of ether oxygens (including phenoxy) is 1. The molecule has 21 heavy (non-hydrogen) atoms. The number of anilines is 1. The summed E-state index contributed by atoms with van der Waals surface area (Å²) < 4.78 is 5.16. The number of nitrogens with one attached hydrogen (secondary N) is 1. The topological polar surface area (TPSA) is 41.5 Å². The largest absolute Gasteiger partial charge is 0.497 e. The zero-order valence-electron chi connectivity index (χ0n) is 12.7. The minimum Gasteiger partial charge on any atom is -0.497 e. The fraction of sp³-hybridized carbons (Fsp3) is 0.333. The summed E-state index contributed by atoms with van der Waals surface area (Å²) in [6, 6.07) is 16.5. The highest BCUT2D eigenvalue weighted by molar-refractivity contribution is 5.46. The van der Waals surface area contributed by atoms with Gasteiger partial charge in [-0.05, 0) is 55.2 Å². The van der Waals surface area contributed by atoms with Gasteiger partial charge in [0.1, 0.15) is 5.75 Å². The molecule has 0 amide bonds. The summed E-state index contributed by atoms with van der Waals surface area (Å²) in [6.45, 7) is 2.25. The van der Waals surface area contributed by atoms with E-state index in [2.05, 4.69) is 24.4 Å². The molecule has 2 rings (SSSR count). The smallest absolute Gasteiger partial charge is 0.118 e. The Bertz CT molecular complexity index is 551. The maximum absolute atomic E-state index is 9.15. The van der Waals surface area contributed by atoms with Crippen LogP contribution in [0.15, 0.2) is 48.5 Å². The third-order valence-corrected chi connectivity index (χ3v) is 3.55. The Hall–Kier alpha value is -2.00. The molecule has 3 heteroatoms. The van der Waals surface area contributed by atoms with Gasteiger partial charge < -0.3 is 15.2 Å². The van der Waals surface area contributed by atoms with Gasteiger partial charge in [-0.3, -0.25) is 0 Å². The number of benzene rings is 2. The van der Waals surface area contributed by atoms with E-state index in [1.807, 2.05) is 36.4 Å². The monoisotopic (exact) mass is 285 g/mol. The number of rotatable bonds is 7. The van der Waals surface area contributed by atoms with Crippen LogP contribution in [0.4, 0.5) is 5.69 Å². The van der Waals surface area contributed by atoms with Crippen LogP contribution in [-0.2, 0) is 13.0 Å². The number of methoxy groups -OCH3 is 1. The van der Waals surface area contributed by atoms with E-state index in [1.165, 1.54) is 5.56 Å². The van der Waals surface area contributed by atoms with Gasteiger partial charge in [0.05, 0.1) is 13.7 Å². The molecule has 3 nitrogen and oxygen atoms in total. The fourth-order valence-corrected chi connectivity index (χ4v) is 2.29. The first kappa shape index (κ1) is 15.4. The summed E-state index contributed by atoms with van der Waals surface area (Å²) in [5.74, 6) is 0.894. The lowest BCUT2D eigenvalue weighted by atomic mass is 10.1. The molecule has 1 atom stereocenters. The van der Waals surface area contributed by atoms with Gasteiger partial charge in [-0.15, -0.1) is 0 Å². The molecule has 0 spiro atoms. The minimum absolute atomic E-state index is 0.0791. The van der Waals surface area contributed by atoms with Crippen LogP contribution < -0.4 is 10.1 Å². The lowest BCUT2D eigenvalue weighted by Gasteiger charge is -2.16. The number of aryl methyl sites for hydroxylation is 1. The second-order valence-corrected chi connectivity index (χ2v) is 5.29. The van der Waals surface area contributed by atoms with E-state index in [1.54, 1.807) is 7.11 Å². The van der Waals surface area contributed by atoms with Crippen molar-refractivity contribution in [2.45, 2.75) is 32.4 Å². The summed E-state index contributed by atoms with van der Waals surface area (Å²) in [4.78, 5) is 0. The van der Waals surface area contributed by atoms with Gasteiger partial charge in [0.15, 0.2) is 0 Å². The van der Waals surface area contributed by atoms with E-state index in [9.17, 15) is 0 Å². The van der Waals surface area contributed by atoms with Crippen molar-refractivity contribution in [1.82, 2.24) is 0 Å². The SMILES string of the molecule is COc1ccc(CCC(C)Nc2cccc(CO)c2)cc1. The number of hydrogen-bond acceptors (Lipinski definition) is 3. The second kappa shape index (κ2) is 7.70. The average Bonchev–Trinajstić information content (AvgIpc) is 2.53. The van der Waals surface area contributed by atoms with Crippen LogP contribution in [0, 0.1) is 0 Å². The third-order valence-electron chi connectivity index (χ3n) is 3.55. The molecule has 0 radical (unpaired) electrons. The molecule has 112 valence electrons. The van der Waals surface area contributed by atoms with Crippen molar-refractivity contribution in [2.75, 3.05) is 12.4 Å². The molecule has 0 heterocycles. The van der Waals surface area contributed by atoms with Crippen LogP contribution in [0.5, 0.6) is 5.75 Å². The Morgan fingerprint density at radius 1 is 1.10 bits per heavy atom. The van der Waals surface area contributed by atoms with Gasteiger partial charge in [0.2, 0.25) is 0 Å². The first-order valence-corrected chi connectivity index (χ1v) is 7.30. The Kier molecular flexibility index (Phi) is 5.64. The molecule has 1 unspecified atom stereocenters. The van der Waals surface area contributed by atoms with E-state index in [0.29, 0.717) is 6.04 Å². The van der Waals surface area contributed by atoms with Gasteiger partial charge in [-0.25, -0.2) is 0 Å². The minimum atomic E-state index is 0.0791. The highest BCUT2D eigenvalue weighted by Gasteiger charge is 2.04. The molecule has 2 aromatic carbocycles. The highest BCUT2D eigenvalue weighted by Crippen LogP contribution is 2.16. The van der Waals surface area contributed by atoms with Crippen molar-refractivity contribution >= 4 is 5.69 Å². The highest BCUT2D eigenvalue weighted by atomic mass is 16.5. The van der Waals surface area contributed by atoms with Crippen molar-refractivity contribution in [3.63, 3.8) is 0 Å². The molecule has 0 fully saturated rings. The average molecular weight is 285 g/mol. The van der Waals surface area contributed by atoms with E-state index in [4.69, 9.17) is 9.84 Å². The van der Waals surface area contributed by atoms with Crippen LogP contribution in [0.25, 0.3) is 0 Å². The number of aliphatic hydroxyl groups is 1. The zero-order valence-corrected chi connectivity index (χ0v) is 12.7. The van der Waals surface area contributed by atoms with E-state index < -0.39 is 0 Å². The molecular formula is C18H23NO2. The summed E-state index contributed by atoms with van der Waals surface area (Å²) in [7, 11) is 1.68. The molecular weight excluding hydrogens is 262 g/mol. The predicted octanol–water partition coefficient (Wildman–Crippen LogP) is 3.62. The van der Waals surface area contributed by atoms with Gasteiger partial charge in [0, 0.05) is 11.7 Å². The summed E-state index contributed by atoms with van der Waals surface area (Å²) in [6.07, 6.45) is 2.08. The Labute approximate surface area is 126 Å². The van der Waals surface area contributed by atoms with E-state index in [0.717, 1.165) is 29.8 Å². The molecule has 0 saturated carbocycles. The Morgan fingerprint density at radius 3 is 2.52 bits per heavy atom. The van der Waals surface area contributed by atoms with Crippen LogP contribution in [0.3, 0.4) is 0 Å². The summed E-state index contributed by atoms with van der Waals surface area (Å²) in [5, 5.41) is 12.6. The van der Waals surface area contributed by atoms with Crippen LogP contribution in [0.2, 0.25) is 0 Å². The molecule has 0 bridgehead atoms. The molecule has 0 aliphatic carbocycles. The summed E-state index contributed by atoms with van der Waals surface area (Å²) >= 11 is 0. The normalized spacial score (nSPS) is 12.0. The van der Waals surface area contributed by atoms with Crippen molar-refractivity contribution in [2.24, 2.45) is 0 Å². The second-order valence-electron chi connectivity index (χ2n) is 5.29. The van der Waals surface area contributed by atoms with Crippen molar-refractivity contribution in [1.29, 1.82) is 0 Å².